The van der Waals surface area contributed by atoms with E-state index < -0.39 is 0 Å². The van der Waals surface area contributed by atoms with E-state index in [0.29, 0.717) is 18.8 Å². The summed E-state index contributed by atoms with van der Waals surface area (Å²) in [5.74, 6) is 0.142. The molecule has 0 saturated heterocycles. The van der Waals surface area contributed by atoms with Gasteiger partial charge in [-0.15, -0.1) is 10.2 Å². The molecule has 0 bridgehead atoms. The van der Waals surface area contributed by atoms with Crippen LogP contribution in [-0.4, -0.2) is 44.0 Å². The Bertz CT molecular complexity index is 763. The quantitative estimate of drug-likeness (QED) is 0.602. The molecule has 9 nitrogen and oxygen atoms in total. The van der Waals surface area contributed by atoms with Crippen molar-refractivity contribution in [3.8, 4) is 5.95 Å². The first-order valence-corrected chi connectivity index (χ1v) is 7.40. The Morgan fingerprint density at radius 2 is 2.00 bits per heavy atom. The molecule has 0 unspecified atom stereocenters. The fraction of sp³-hybridized carbons (Fsp3) is 0.500. The molecule has 0 atom stereocenters. The average molecular weight is 319 g/mol. The van der Waals surface area contributed by atoms with E-state index in [1.165, 1.54) is 4.68 Å². The highest BCUT2D eigenvalue weighted by molar-refractivity contribution is 5.79. The summed E-state index contributed by atoms with van der Waals surface area (Å²) in [6, 6.07) is 0. The number of amides is 1. The van der Waals surface area contributed by atoms with Gasteiger partial charge in [-0.2, -0.15) is 5.10 Å². The van der Waals surface area contributed by atoms with Crippen LogP contribution in [-0.2, 0) is 11.2 Å². The van der Waals surface area contributed by atoms with Crippen LogP contribution < -0.4 is 16.6 Å². The van der Waals surface area contributed by atoms with E-state index in [4.69, 9.17) is 5.73 Å². The zero-order chi connectivity index (χ0) is 17.0. The van der Waals surface area contributed by atoms with E-state index >= 15 is 0 Å². The Morgan fingerprint density at radius 1 is 1.26 bits per heavy atom. The molecule has 124 valence electrons. The number of rotatable bonds is 6. The first-order valence-electron chi connectivity index (χ1n) is 7.40. The smallest absolute Gasteiger partial charge is 0.274 e. The summed E-state index contributed by atoms with van der Waals surface area (Å²) in [5.41, 5.74) is 7.62. The van der Waals surface area contributed by atoms with Gasteiger partial charge in [0.25, 0.3) is 11.5 Å². The Morgan fingerprint density at radius 3 is 2.65 bits per heavy atom. The predicted octanol–water partition coefficient (Wildman–Crippen LogP) is -0.717. The minimum Gasteiger partial charge on any atom is -0.356 e. The Hall–Kier alpha value is -2.55. The number of aromatic nitrogens is 5. The standard InChI is InChI=1S/C14H21N7O2/c1-8-11(7-12(22)16-6-4-5-15)10(3)21(20-8)14-17-13(23)9(2)18-19-14/h4-7,15H2,1-3H3,(H,16,22)(H,17,19,23). The van der Waals surface area contributed by atoms with E-state index in [1.807, 2.05) is 13.8 Å². The number of nitrogens with zero attached hydrogens (tertiary/aromatic N) is 4. The van der Waals surface area contributed by atoms with Gasteiger partial charge in [0, 0.05) is 17.8 Å². The minimum absolute atomic E-state index is 0.0901. The molecule has 2 aromatic heterocycles. The monoisotopic (exact) mass is 319 g/mol. The van der Waals surface area contributed by atoms with Crippen LogP contribution in [0.3, 0.4) is 0 Å². The summed E-state index contributed by atoms with van der Waals surface area (Å²) in [5, 5.41) is 14.9. The third-order valence-corrected chi connectivity index (χ3v) is 3.53. The van der Waals surface area contributed by atoms with E-state index in [-0.39, 0.29) is 29.5 Å². The summed E-state index contributed by atoms with van der Waals surface area (Å²) in [6.45, 7) is 6.30. The van der Waals surface area contributed by atoms with E-state index in [2.05, 4.69) is 25.6 Å². The second-order valence-corrected chi connectivity index (χ2v) is 5.29. The first-order chi connectivity index (χ1) is 10.9. The van der Waals surface area contributed by atoms with Gasteiger partial charge in [-0.1, -0.05) is 0 Å². The molecule has 0 aliphatic carbocycles. The van der Waals surface area contributed by atoms with E-state index in [9.17, 15) is 9.59 Å². The number of aromatic amines is 1. The fourth-order valence-electron chi connectivity index (χ4n) is 2.17. The average Bonchev–Trinajstić information content (AvgIpc) is 2.78. The normalized spacial score (nSPS) is 10.8. The van der Waals surface area contributed by atoms with Crippen LogP contribution in [0.15, 0.2) is 4.79 Å². The maximum absolute atomic E-state index is 12.0. The summed E-state index contributed by atoms with van der Waals surface area (Å²) in [7, 11) is 0. The van der Waals surface area contributed by atoms with E-state index in [1.54, 1.807) is 6.92 Å². The van der Waals surface area contributed by atoms with Crippen molar-refractivity contribution in [2.75, 3.05) is 13.1 Å². The maximum Gasteiger partial charge on any atom is 0.274 e. The third-order valence-electron chi connectivity index (χ3n) is 3.53. The van der Waals surface area contributed by atoms with Gasteiger partial charge in [0.15, 0.2) is 0 Å². The highest BCUT2D eigenvalue weighted by Crippen LogP contribution is 2.15. The van der Waals surface area contributed by atoms with Crippen LogP contribution in [0, 0.1) is 20.8 Å². The van der Waals surface area contributed by atoms with Gasteiger partial charge in [0.05, 0.1) is 12.1 Å². The molecule has 1 amide bonds. The molecule has 0 aromatic carbocycles. The molecular formula is C14H21N7O2. The molecule has 23 heavy (non-hydrogen) atoms. The molecule has 0 aliphatic rings. The topological polar surface area (TPSA) is 132 Å². The van der Waals surface area contributed by atoms with Crippen molar-refractivity contribution in [1.29, 1.82) is 0 Å². The molecule has 0 aliphatic heterocycles. The lowest BCUT2D eigenvalue weighted by Crippen LogP contribution is -2.27. The van der Waals surface area contributed by atoms with Gasteiger partial charge < -0.3 is 11.1 Å². The first kappa shape index (κ1) is 16.8. The number of nitrogens with one attached hydrogen (secondary N) is 2. The van der Waals surface area contributed by atoms with Crippen LogP contribution in [0.4, 0.5) is 0 Å². The van der Waals surface area contributed by atoms with Crippen molar-refractivity contribution in [3.05, 3.63) is 33.0 Å². The molecule has 4 N–H and O–H groups in total. The minimum atomic E-state index is -0.316. The Balaban J connectivity index is 2.23. The van der Waals surface area contributed by atoms with E-state index in [0.717, 1.165) is 17.7 Å². The number of H-pyrrole nitrogens is 1. The number of hydrogen-bond donors (Lipinski definition) is 3. The molecule has 0 spiro atoms. The lowest BCUT2D eigenvalue weighted by Gasteiger charge is -2.05. The van der Waals surface area contributed by atoms with Gasteiger partial charge in [-0.25, -0.2) is 4.68 Å². The maximum atomic E-state index is 12.0. The number of aryl methyl sites for hydroxylation is 2. The van der Waals surface area contributed by atoms with Crippen molar-refractivity contribution in [2.45, 2.75) is 33.6 Å². The molecule has 9 heteroatoms. The number of hydrogen-bond acceptors (Lipinski definition) is 6. The second kappa shape index (κ2) is 7.14. The summed E-state index contributed by atoms with van der Waals surface area (Å²) in [6.07, 6.45) is 0.953. The van der Waals surface area contributed by atoms with Crippen LogP contribution in [0.25, 0.3) is 5.95 Å². The number of carbonyl (C=O) groups is 1. The van der Waals surface area contributed by atoms with Crippen LogP contribution in [0.2, 0.25) is 0 Å². The van der Waals surface area contributed by atoms with Crippen LogP contribution >= 0.6 is 0 Å². The molecule has 0 fully saturated rings. The lowest BCUT2D eigenvalue weighted by atomic mass is 10.1. The van der Waals surface area contributed by atoms with Crippen LogP contribution in [0.5, 0.6) is 0 Å². The SMILES string of the molecule is Cc1nn(-c2nnc(C)c(=O)[nH]2)c(C)c1CC(=O)NCCCN. The van der Waals surface area contributed by atoms with Gasteiger partial charge in [0.1, 0.15) is 5.69 Å². The molecule has 2 heterocycles. The van der Waals surface area contributed by atoms with Crippen molar-refractivity contribution < 1.29 is 4.79 Å². The van der Waals surface area contributed by atoms with Crippen molar-refractivity contribution in [1.82, 2.24) is 30.3 Å². The molecular weight excluding hydrogens is 298 g/mol. The highest BCUT2D eigenvalue weighted by atomic mass is 16.1. The van der Waals surface area contributed by atoms with Gasteiger partial charge >= 0.3 is 0 Å². The number of nitrogens with two attached hydrogens (primary N) is 1. The third kappa shape index (κ3) is 3.81. The predicted molar refractivity (Wildman–Crippen MR) is 84.4 cm³/mol. The highest BCUT2D eigenvalue weighted by Gasteiger charge is 2.17. The lowest BCUT2D eigenvalue weighted by molar-refractivity contribution is -0.120. The Labute approximate surface area is 133 Å². The molecule has 0 saturated carbocycles. The number of carbonyl (C=O) groups excluding carboxylic acids is 1. The van der Waals surface area contributed by atoms with Gasteiger partial charge in [-0.3, -0.25) is 14.6 Å². The second-order valence-electron chi connectivity index (χ2n) is 5.29. The molecule has 2 aromatic rings. The molecule has 0 radical (unpaired) electrons. The summed E-state index contributed by atoms with van der Waals surface area (Å²) in [4.78, 5) is 26.3. The molecule has 2 rings (SSSR count). The fourth-order valence-corrected chi connectivity index (χ4v) is 2.17. The Kier molecular flexibility index (Phi) is 5.22. The van der Waals surface area contributed by atoms with Crippen molar-refractivity contribution in [2.24, 2.45) is 5.73 Å². The van der Waals surface area contributed by atoms with Gasteiger partial charge in [0.2, 0.25) is 5.91 Å². The summed E-state index contributed by atoms with van der Waals surface area (Å²) >= 11 is 0. The van der Waals surface area contributed by atoms with Crippen molar-refractivity contribution in [3.63, 3.8) is 0 Å². The largest absolute Gasteiger partial charge is 0.356 e. The zero-order valence-corrected chi connectivity index (χ0v) is 13.5. The van der Waals surface area contributed by atoms with Gasteiger partial charge in [-0.05, 0) is 33.7 Å². The van der Waals surface area contributed by atoms with Crippen molar-refractivity contribution >= 4 is 5.91 Å². The van der Waals surface area contributed by atoms with Crippen LogP contribution in [0.1, 0.15) is 29.1 Å². The summed E-state index contributed by atoms with van der Waals surface area (Å²) < 4.78 is 1.49. The zero-order valence-electron chi connectivity index (χ0n) is 13.5.